The summed E-state index contributed by atoms with van der Waals surface area (Å²) in [4.78, 5) is 39.6. The number of hydrogen-bond donors (Lipinski definition) is 0. The Morgan fingerprint density at radius 1 is 0.500 bits per heavy atom. The molecule has 3 amide bonds. The van der Waals surface area contributed by atoms with Crippen LogP contribution in [0.3, 0.4) is 0 Å². The highest BCUT2D eigenvalue weighted by Crippen LogP contribution is 2.01. The van der Waals surface area contributed by atoms with Gasteiger partial charge in [-0.1, -0.05) is 43.0 Å². The summed E-state index contributed by atoms with van der Waals surface area (Å²) in [6.07, 6.45) is 11.0. The second kappa shape index (κ2) is 18.9. The third kappa shape index (κ3) is 12.9. The highest BCUT2D eigenvalue weighted by atomic mass is 16.2. The normalized spacial score (nSPS) is 8.93. The fraction of sp³-hybridized carbons (Fsp3) is 0.292. The Hall–Kier alpha value is -3.41. The summed E-state index contributed by atoms with van der Waals surface area (Å²) >= 11 is 0. The number of carbonyl (C=O) groups is 3. The van der Waals surface area contributed by atoms with E-state index in [0.717, 1.165) is 0 Å². The van der Waals surface area contributed by atoms with Gasteiger partial charge in [0.05, 0.1) is 0 Å². The van der Waals surface area contributed by atoms with Gasteiger partial charge in [-0.25, -0.2) is 0 Å². The van der Waals surface area contributed by atoms with E-state index in [0.29, 0.717) is 39.3 Å². The fourth-order valence-corrected chi connectivity index (χ4v) is 2.23. The predicted molar refractivity (Wildman–Crippen MR) is 126 cm³/mol. The van der Waals surface area contributed by atoms with Gasteiger partial charge in [0.25, 0.3) is 0 Å². The molecule has 0 N–H and O–H groups in total. The van der Waals surface area contributed by atoms with Crippen molar-refractivity contribution in [3.05, 3.63) is 88.6 Å². The quantitative estimate of drug-likeness (QED) is 0.235. The summed E-state index contributed by atoms with van der Waals surface area (Å²) in [5.41, 5.74) is 0. The van der Waals surface area contributed by atoms with Gasteiger partial charge in [-0.2, -0.15) is 0 Å². The van der Waals surface area contributed by atoms with Crippen LogP contribution in [0.4, 0.5) is 0 Å². The van der Waals surface area contributed by atoms with E-state index in [9.17, 15) is 14.4 Å². The van der Waals surface area contributed by atoms with E-state index in [1.54, 1.807) is 41.4 Å². The third-order valence-electron chi connectivity index (χ3n) is 3.59. The minimum absolute atomic E-state index is 0.0928. The molecule has 0 aromatic heterocycles. The van der Waals surface area contributed by atoms with Gasteiger partial charge in [0.15, 0.2) is 0 Å². The highest BCUT2D eigenvalue weighted by molar-refractivity contribution is 5.97. The van der Waals surface area contributed by atoms with Crippen molar-refractivity contribution in [2.75, 3.05) is 39.3 Å². The molecule has 0 aliphatic rings. The summed E-state index contributed by atoms with van der Waals surface area (Å²) in [5.74, 6) is -0.560. The van der Waals surface area contributed by atoms with Crippen molar-refractivity contribution in [2.24, 2.45) is 0 Å². The van der Waals surface area contributed by atoms with Crippen LogP contribution < -0.4 is 0 Å². The van der Waals surface area contributed by atoms with Crippen LogP contribution in [-0.4, -0.2) is 71.7 Å². The molecule has 0 fully saturated rings. The number of nitrogens with zero attached hydrogens (tertiary/aromatic N) is 3. The van der Waals surface area contributed by atoms with E-state index in [1.807, 2.05) is 0 Å². The average molecular weight is 414 g/mol. The summed E-state index contributed by atoms with van der Waals surface area (Å²) in [7, 11) is 0. The summed E-state index contributed by atoms with van der Waals surface area (Å²) in [6.45, 7) is 27.5. The molecule has 0 saturated heterocycles. The highest BCUT2D eigenvalue weighted by Gasteiger charge is 2.19. The molecule has 6 heteroatoms. The van der Waals surface area contributed by atoms with Crippen LogP contribution in [-0.2, 0) is 14.4 Å². The van der Waals surface area contributed by atoms with Crippen molar-refractivity contribution in [1.29, 1.82) is 0 Å². The first-order chi connectivity index (χ1) is 14.4. The van der Waals surface area contributed by atoms with E-state index in [1.165, 1.54) is 15.9 Å². The van der Waals surface area contributed by atoms with Gasteiger partial charge in [-0.15, -0.1) is 39.5 Å². The van der Waals surface area contributed by atoms with Crippen LogP contribution in [0.2, 0.25) is 0 Å². The second-order valence-electron chi connectivity index (χ2n) is 5.95. The molecule has 0 rings (SSSR count). The smallest absolute Gasteiger partial charge is 0.246 e. The fourth-order valence-electron chi connectivity index (χ4n) is 2.23. The molecule has 30 heavy (non-hydrogen) atoms. The molecule has 0 unspecified atom stereocenters. The van der Waals surface area contributed by atoms with Gasteiger partial charge in [-0.3, -0.25) is 14.4 Å². The molecule has 0 heterocycles. The maximum atomic E-state index is 12.0. The van der Waals surface area contributed by atoms with Gasteiger partial charge >= 0.3 is 0 Å². The Kier molecular flexibility index (Phi) is 18.2. The first kappa shape index (κ1) is 28.8. The number of rotatable bonds is 15. The van der Waals surface area contributed by atoms with Crippen molar-refractivity contribution in [3.8, 4) is 0 Å². The molecule has 0 bridgehead atoms. The van der Waals surface area contributed by atoms with Crippen LogP contribution in [0, 0.1) is 0 Å². The first-order valence-corrected chi connectivity index (χ1v) is 9.48. The molecular formula is C24H35N3O3. The largest absolute Gasteiger partial charge is 0.335 e. The van der Waals surface area contributed by atoms with Crippen LogP contribution in [0.1, 0.15) is 6.42 Å². The summed E-state index contributed by atoms with van der Waals surface area (Å²) < 4.78 is 0. The molecule has 0 aromatic carbocycles. The molecule has 0 radical (unpaired) electrons. The van der Waals surface area contributed by atoms with E-state index in [2.05, 4.69) is 46.1 Å². The van der Waals surface area contributed by atoms with Gasteiger partial charge in [0.2, 0.25) is 17.7 Å². The van der Waals surface area contributed by atoms with Crippen LogP contribution in [0.25, 0.3) is 0 Å². The molecule has 6 nitrogen and oxygen atoms in total. The number of carbonyl (C=O) groups excluding carboxylic acids is 3. The molecule has 0 aromatic rings. The van der Waals surface area contributed by atoms with Crippen molar-refractivity contribution in [3.63, 3.8) is 0 Å². The maximum absolute atomic E-state index is 12.0. The Morgan fingerprint density at radius 2 is 0.767 bits per heavy atom. The van der Waals surface area contributed by atoms with Gasteiger partial charge in [0.1, 0.15) is 6.42 Å². The molecule has 0 aliphatic carbocycles. The van der Waals surface area contributed by atoms with Crippen LogP contribution in [0.5, 0.6) is 0 Å². The predicted octanol–water partition coefficient (Wildman–Crippen LogP) is 3.15. The zero-order chi connectivity index (χ0) is 23.4. The third-order valence-corrected chi connectivity index (χ3v) is 3.59. The lowest BCUT2D eigenvalue weighted by atomic mass is 10.3. The lowest BCUT2D eigenvalue weighted by molar-refractivity contribution is -0.139. The average Bonchev–Trinajstić information content (AvgIpc) is 2.73. The Morgan fingerprint density at radius 3 is 1.00 bits per heavy atom. The topological polar surface area (TPSA) is 60.9 Å². The molecule has 0 spiro atoms. The van der Waals surface area contributed by atoms with E-state index < -0.39 is 0 Å². The van der Waals surface area contributed by atoms with Crippen molar-refractivity contribution < 1.29 is 14.4 Å². The lowest BCUT2D eigenvalue weighted by Crippen LogP contribution is -2.38. The van der Waals surface area contributed by atoms with E-state index in [-0.39, 0.29) is 24.1 Å². The van der Waals surface area contributed by atoms with Gasteiger partial charge < -0.3 is 14.7 Å². The van der Waals surface area contributed by atoms with Crippen molar-refractivity contribution in [2.45, 2.75) is 6.42 Å². The summed E-state index contributed by atoms with van der Waals surface area (Å²) in [6, 6.07) is 0. The molecular weight excluding hydrogens is 378 g/mol. The Labute approximate surface area is 181 Å². The molecule has 0 aliphatic heterocycles. The molecule has 164 valence electrons. The minimum Gasteiger partial charge on any atom is -0.335 e. The molecule has 0 atom stereocenters. The van der Waals surface area contributed by atoms with Crippen molar-refractivity contribution in [1.82, 2.24) is 14.7 Å². The van der Waals surface area contributed by atoms with Crippen LogP contribution >= 0.6 is 0 Å². The molecule has 0 saturated carbocycles. The van der Waals surface area contributed by atoms with Crippen LogP contribution in [0.15, 0.2) is 88.6 Å². The Balaban J connectivity index is 0. The zero-order valence-corrected chi connectivity index (χ0v) is 18.0. The minimum atomic E-state index is -0.233. The van der Waals surface area contributed by atoms with E-state index >= 15 is 0 Å². The van der Waals surface area contributed by atoms with Gasteiger partial charge in [-0.05, 0) is 6.08 Å². The zero-order valence-electron chi connectivity index (χ0n) is 18.0. The standard InChI is InChI=1S/C15H22N2O2.C9H13NO/c1-5-9-16(10-6-2)14(18)13-15(19)17(11-7-3)12-8-4;1-4-7-10(8-5-2)9(11)6-3/h5-8H,1-4,9-13H2;4-6H,1-3,7-8H2. The van der Waals surface area contributed by atoms with Crippen molar-refractivity contribution >= 4 is 17.7 Å². The summed E-state index contributed by atoms with van der Waals surface area (Å²) in [5, 5.41) is 0. The van der Waals surface area contributed by atoms with E-state index in [4.69, 9.17) is 0 Å². The maximum Gasteiger partial charge on any atom is 0.246 e. The second-order valence-corrected chi connectivity index (χ2v) is 5.95. The SMILES string of the molecule is C=CCN(CC=C)C(=O)C=C.C=CCN(CC=C)C(=O)CC(=O)N(CC=C)CC=C. The first-order valence-electron chi connectivity index (χ1n) is 9.48. The number of amides is 3. The lowest BCUT2D eigenvalue weighted by Gasteiger charge is -2.22. The monoisotopic (exact) mass is 413 g/mol. The van der Waals surface area contributed by atoms with Gasteiger partial charge in [0, 0.05) is 39.3 Å². The Bertz CT molecular complexity index is 574. The number of hydrogen-bond acceptors (Lipinski definition) is 3.